The fourth-order valence-corrected chi connectivity index (χ4v) is 4.25. The van der Waals surface area contributed by atoms with Gasteiger partial charge in [0.1, 0.15) is 0 Å². The average molecular weight is 294 g/mol. The summed E-state index contributed by atoms with van der Waals surface area (Å²) in [7, 11) is -1.81. The van der Waals surface area contributed by atoms with Gasteiger partial charge in [-0.3, -0.25) is 0 Å². The molecule has 0 saturated heterocycles. The lowest BCUT2D eigenvalue weighted by Gasteiger charge is -2.19. The van der Waals surface area contributed by atoms with Crippen LogP contribution < -0.4 is 0 Å². The number of hydrogen-bond acceptors (Lipinski definition) is 2. The lowest BCUT2D eigenvalue weighted by atomic mass is 9.99. The van der Waals surface area contributed by atoms with E-state index >= 15 is 0 Å². The fraction of sp³-hybridized carbons (Fsp3) is 0.143. The maximum absolute atomic E-state index is 12.3. The number of fused-ring (bicyclic) bond motifs is 1. The van der Waals surface area contributed by atoms with Crippen LogP contribution in [0.4, 0.5) is 0 Å². The molecule has 2 aromatic rings. The van der Waals surface area contributed by atoms with Crippen molar-refractivity contribution in [1.29, 1.82) is 0 Å². The molecule has 0 fully saturated rings. The Balaban J connectivity index is 2.24. The highest BCUT2D eigenvalue weighted by atomic mass is 35.5. The van der Waals surface area contributed by atoms with Gasteiger partial charge in [0.05, 0.1) is 10.9 Å². The topological polar surface area (TPSA) is 37.4 Å². The molecule has 0 radical (unpaired) electrons. The minimum absolute atomic E-state index is 0.306. The molecule has 1 atom stereocenters. The maximum Gasteiger partial charge on any atom is 0.244 e. The predicted molar refractivity (Wildman–Crippen MR) is 74.7 cm³/mol. The van der Waals surface area contributed by atoms with Crippen LogP contribution in [0.3, 0.4) is 0 Å². The van der Waals surface area contributed by atoms with Gasteiger partial charge in [-0.1, -0.05) is 41.9 Å². The number of hydrogen-bond donors (Lipinski definition) is 0. The van der Waals surface area contributed by atoms with Crippen molar-refractivity contribution in [2.75, 3.05) is 7.05 Å². The van der Waals surface area contributed by atoms with Gasteiger partial charge in [0.2, 0.25) is 10.0 Å². The zero-order valence-electron chi connectivity index (χ0n) is 10.2. The van der Waals surface area contributed by atoms with Crippen molar-refractivity contribution in [2.45, 2.75) is 10.9 Å². The molecule has 3 rings (SSSR count). The van der Waals surface area contributed by atoms with Gasteiger partial charge < -0.3 is 0 Å². The summed E-state index contributed by atoms with van der Waals surface area (Å²) in [6, 6.07) is 14.1. The van der Waals surface area contributed by atoms with Crippen molar-refractivity contribution in [3.8, 4) is 0 Å². The smallest absolute Gasteiger partial charge is 0.207 e. The summed E-state index contributed by atoms with van der Waals surface area (Å²) in [6.45, 7) is 0. The van der Waals surface area contributed by atoms with Crippen molar-refractivity contribution in [2.24, 2.45) is 0 Å². The Bertz CT molecular complexity index is 743. The fourth-order valence-electron chi connectivity index (χ4n) is 2.50. The summed E-state index contributed by atoms with van der Waals surface area (Å²) >= 11 is 6.00. The molecule has 0 aromatic heterocycles. The van der Waals surface area contributed by atoms with E-state index < -0.39 is 10.0 Å². The Morgan fingerprint density at radius 2 is 1.84 bits per heavy atom. The van der Waals surface area contributed by atoms with Crippen molar-refractivity contribution < 1.29 is 8.42 Å². The maximum atomic E-state index is 12.3. The SMILES string of the molecule is CN1[C@@H](c2cccc(Cl)c2)c2ccccc2S1(=O)=O. The first-order valence-electron chi connectivity index (χ1n) is 5.84. The highest BCUT2D eigenvalue weighted by Gasteiger charge is 2.40. The summed E-state index contributed by atoms with van der Waals surface area (Å²) < 4.78 is 26.1. The van der Waals surface area contributed by atoms with Gasteiger partial charge in [-0.05, 0) is 29.3 Å². The molecule has 0 saturated carbocycles. The third-order valence-electron chi connectivity index (χ3n) is 3.40. The quantitative estimate of drug-likeness (QED) is 0.810. The molecule has 0 unspecified atom stereocenters. The largest absolute Gasteiger partial charge is 0.244 e. The van der Waals surface area contributed by atoms with Gasteiger partial charge in [0, 0.05) is 12.1 Å². The zero-order chi connectivity index (χ0) is 13.6. The Hall–Kier alpha value is -1.36. The highest BCUT2D eigenvalue weighted by molar-refractivity contribution is 7.89. The van der Waals surface area contributed by atoms with Crippen LogP contribution in [0.2, 0.25) is 5.02 Å². The van der Waals surface area contributed by atoms with E-state index in [1.165, 1.54) is 4.31 Å². The summed E-state index contributed by atoms with van der Waals surface area (Å²) in [4.78, 5) is 0.377. The zero-order valence-corrected chi connectivity index (χ0v) is 11.8. The third kappa shape index (κ3) is 1.87. The minimum atomic E-state index is -3.40. The van der Waals surface area contributed by atoms with Crippen LogP contribution >= 0.6 is 11.6 Å². The molecule has 2 aromatic carbocycles. The van der Waals surface area contributed by atoms with E-state index in [0.717, 1.165) is 11.1 Å². The predicted octanol–water partition coefficient (Wildman–Crippen LogP) is 3.06. The van der Waals surface area contributed by atoms with Crippen LogP contribution in [0, 0.1) is 0 Å². The second kappa shape index (κ2) is 4.34. The van der Waals surface area contributed by atoms with Gasteiger partial charge in [-0.2, -0.15) is 4.31 Å². The first-order valence-corrected chi connectivity index (χ1v) is 7.66. The van der Waals surface area contributed by atoms with E-state index in [0.29, 0.717) is 9.92 Å². The Kier molecular flexibility index (Phi) is 2.89. The van der Waals surface area contributed by atoms with Crippen LogP contribution in [-0.4, -0.2) is 19.8 Å². The number of sulfonamides is 1. The number of rotatable bonds is 1. The normalized spacial score (nSPS) is 21.3. The third-order valence-corrected chi connectivity index (χ3v) is 5.53. The van der Waals surface area contributed by atoms with E-state index in [-0.39, 0.29) is 6.04 Å². The summed E-state index contributed by atoms with van der Waals surface area (Å²) in [5.74, 6) is 0. The van der Waals surface area contributed by atoms with Crippen LogP contribution in [0.15, 0.2) is 53.4 Å². The monoisotopic (exact) mass is 293 g/mol. The number of benzene rings is 2. The summed E-state index contributed by atoms with van der Waals surface area (Å²) in [6.07, 6.45) is 0. The Morgan fingerprint density at radius 3 is 2.58 bits per heavy atom. The standard InChI is InChI=1S/C14H12ClNO2S/c1-16-14(10-5-4-6-11(15)9-10)12-7-2-3-8-13(12)19(16,17)18/h2-9,14H,1H3/t14-/m0/s1. The molecular weight excluding hydrogens is 282 g/mol. The van der Waals surface area contributed by atoms with Gasteiger partial charge >= 0.3 is 0 Å². The van der Waals surface area contributed by atoms with E-state index in [4.69, 9.17) is 11.6 Å². The molecule has 19 heavy (non-hydrogen) atoms. The van der Waals surface area contributed by atoms with E-state index in [2.05, 4.69) is 0 Å². The van der Waals surface area contributed by atoms with Gasteiger partial charge in [-0.15, -0.1) is 0 Å². The number of nitrogens with zero attached hydrogens (tertiary/aromatic N) is 1. The molecule has 0 bridgehead atoms. The lowest BCUT2D eigenvalue weighted by Crippen LogP contribution is -2.24. The van der Waals surface area contributed by atoms with Crippen LogP contribution in [0.25, 0.3) is 0 Å². The van der Waals surface area contributed by atoms with Crippen molar-refractivity contribution in [1.82, 2.24) is 4.31 Å². The Labute approximate surface area is 117 Å². The van der Waals surface area contributed by atoms with Crippen molar-refractivity contribution in [3.05, 3.63) is 64.7 Å². The van der Waals surface area contributed by atoms with E-state index in [1.54, 1.807) is 31.3 Å². The molecule has 98 valence electrons. The summed E-state index contributed by atoms with van der Waals surface area (Å²) in [5.41, 5.74) is 1.68. The molecule has 0 amide bonds. The van der Waals surface area contributed by atoms with E-state index in [9.17, 15) is 8.42 Å². The van der Waals surface area contributed by atoms with E-state index in [1.807, 2.05) is 24.3 Å². The molecule has 0 spiro atoms. The molecule has 5 heteroatoms. The minimum Gasteiger partial charge on any atom is -0.207 e. The van der Waals surface area contributed by atoms with Gasteiger partial charge in [0.15, 0.2) is 0 Å². The molecule has 1 aliphatic heterocycles. The summed E-state index contributed by atoms with van der Waals surface area (Å²) in [5, 5.41) is 0.604. The van der Waals surface area contributed by atoms with Crippen LogP contribution in [0.5, 0.6) is 0 Å². The van der Waals surface area contributed by atoms with Gasteiger partial charge in [0.25, 0.3) is 0 Å². The molecule has 3 nitrogen and oxygen atoms in total. The van der Waals surface area contributed by atoms with Crippen molar-refractivity contribution >= 4 is 21.6 Å². The first kappa shape index (κ1) is 12.7. The molecule has 0 aliphatic carbocycles. The molecule has 0 N–H and O–H groups in total. The number of halogens is 1. The molecule has 1 aliphatic rings. The Morgan fingerprint density at radius 1 is 1.11 bits per heavy atom. The second-order valence-corrected chi connectivity index (χ2v) is 6.92. The lowest BCUT2D eigenvalue weighted by molar-refractivity contribution is 0.440. The van der Waals surface area contributed by atoms with Crippen LogP contribution in [-0.2, 0) is 10.0 Å². The second-order valence-electron chi connectivity index (χ2n) is 4.52. The van der Waals surface area contributed by atoms with Gasteiger partial charge in [-0.25, -0.2) is 8.42 Å². The van der Waals surface area contributed by atoms with Crippen molar-refractivity contribution in [3.63, 3.8) is 0 Å². The van der Waals surface area contributed by atoms with Crippen LogP contribution in [0.1, 0.15) is 17.2 Å². The molecular formula is C14H12ClNO2S. The average Bonchev–Trinajstić information content (AvgIpc) is 2.58. The first-order chi connectivity index (χ1) is 9.01. The molecule has 1 heterocycles. The highest BCUT2D eigenvalue weighted by Crippen LogP contribution is 2.42.